The quantitative estimate of drug-likeness (QED) is 0.341. The molecule has 0 spiro atoms. The molecule has 0 radical (unpaired) electrons. The van der Waals surface area contributed by atoms with Gasteiger partial charge >= 0.3 is 0 Å². The largest absolute Gasteiger partial charge is 0.507 e. The molecule has 4 rings (SSSR count). The van der Waals surface area contributed by atoms with Crippen LogP contribution in [0.2, 0.25) is 0 Å². The normalized spacial score (nSPS) is 10.7. The molecule has 2 amide bonds. The highest BCUT2D eigenvalue weighted by Crippen LogP contribution is 2.23. The van der Waals surface area contributed by atoms with E-state index in [1.54, 1.807) is 36.0 Å². The monoisotopic (exact) mass is 418 g/mol. The molecule has 2 heterocycles. The van der Waals surface area contributed by atoms with Crippen molar-refractivity contribution >= 4 is 29.2 Å². The van der Waals surface area contributed by atoms with Gasteiger partial charge in [0, 0.05) is 28.6 Å². The number of para-hydroxylation sites is 1. The minimum Gasteiger partial charge on any atom is -0.507 e. The number of hydrogen-bond acceptors (Lipinski definition) is 5. The number of amides is 2. The van der Waals surface area contributed by atoms with Crippen molar-refractivity contribution in [2.24, 2.45) is 0 Å². The van der Waals surface area contributed by atoms with Gasteiger partial charge in [0.05, 0.1) is 11.3 Å². The Balaban J connectivity index is 1.32. The fraction of sp³-hybridized carbons (Fsp3) is 0.0455. The van der Waals surface area contributed by atoms with Crippen LogP contribution in [0.1, 0.15) is 26.4 Å². The van der Waals surface area contributed by atoms with E-state index in [-0.39, 0.29) is 11.3 Å². The highest BCUT2D eigenvalue weighted by Gasteiger charge is 2.12. The number of fused-ring (bicyclic) bond motifs is 1. The minimum absolute atomic E-state index is 0.0801. The molecule has 0 aliphatic rings. The number of hydrazine groups is 1. The number of rotatable bonds is 5. The number of phenols is 1. The average molecular weight is 418 g/mol. The molecule has 0 bridgehead atoms. The van der Waals surface area contributed by atoms with Crippen molar-refractivity contribution in [3.05, 3.63) is 95.9 Å². The first-order chi connectivity index (χ1) is 14.6. The molecule has 0 atom stereocenters. The van der Waals surface area contributed by atoms with Gasteiger partial charge in [-0.25, -0.2) is 4.98 Å². The number of hydrogen-bond donors (Lipinski definition) is 3. The number of pyridine rings is 1. The highest BCUT2D eigenvalue weighted by atomic mass is 32.2. The van der Waals surface area contributed by atoms with Crippen LogP contribution in [0.15, 0.2) is 84.0 Å². The number of carbonyl (C=O) groups is 2. The summed E-state index contributed by atoms with van der Waals surface area (Å²) in [5.74, 6) is -0.489. The summed E-state index contributed by atoms with van der Waals surface area (Å²) in [7, 11) is 0. The molecule has 30 heavy (non-hydrogen) atoms. The number of carbonyl (C=O) groups excluding carboxylic acids is 2. The van der Waals surface area contributed by atoms with E-state index in [4.69, 9.17) is 0 Å². The fourth-order valence-electron chi connectivity index (χ4n) is 2.84. The second kappa shape index (κ2) is 8.71. The summed E-state index contributed by atoms with van der Waals surface area (Å²) >= 11 is 1.62. The Morgan fingerprint density at radius 3 is 2.43 bits per heavy atom. The third kappa shape index (κ3) is 4.44. The van der Waals surface area contributed by atoms with Crippen molar-refractivity contribution in [1.29, 1.82) is 0 Å². The Labute approximate surface area is 176 Å². The molecule has 0 saturated carbocycles. The zero-order chi connectivity index (χ0) is 20.9. The van der Waals surface area contributed by atoms with Gasteiger partial charge in [0.1, 0.15) is 11.4 Å². The van der Waals surface area contributed by atoms with Crippen LogP contribution in [0.5, 0.6) is 5.75 Å². The number of nitrogens with one attached hydrogen (secondary N) is 2. The first kappa shape index (κ1) is 19.5. The summed E-state index contributed by atoms with van der Waals surface area (Å²) in [6, 6.07) is 19.0. The first-order valence-corrected chi connectivity index (χ1v) is 10.1. The lowest BCUT2D eigenvalue weighted by Crippen LogP contribution is -2.41. The van der Waals surface area contributed by atoms with Gasteiger partial charge in [-0.1, -0.05) is 18.2 Å². The standard InChI is InChI=1S/C22H18N4O3S/c27-19-6-2-1-5-18(19)22(29)25-24-21(28)15-8-10-17(11-9-15)30-14-16-13-26-12-4-3-7-20(26)23-16/h1-13,27H,14H2,(H,24,28)(H,25,29). The Morgan fingerprint density at radius 2 is 1.67 bits per heavy atom. The molecule has 150 valence electrons. The number of nitrogens with zero attached hydrogens (tertiary/aromatic N) is 2. The molecule has 7 nitrogen and oxygen atoms in total. The molecule has 0 aliphatic heterocycles. The highest BCUT2D eigenvalue weighted by molar-refractivity contribution is 7.98. The van der Waals surface area contributed by atoms with Crippen molar-refractivity contribution in [1.82, 2.24) is 20.2 Å². The molecular formula is C22H18N4O3S. The van der Waals surface area contributed by atoms with Crippen molar-refractivity contribution in [2.45, 2.75) is 10.6 Å². The Hall–Kier alpha value is -3.78. The lowest BCUT2D eigenvalue weighted by Gasteiger charge is -2.09. The lowest BCUT2D eigenvalue weighted by molar-refractivity contribution is 0.0845. The smallest absolute Gasteiger partial charge is 0.273 e. The van der Waals surface area contributed by atoms with Crippen LogP contribution in [-0.2, 0) is 5.75 Å². The SMILES string of the molecule is O=C(NNC(=O)c1ccccc1O)c1ccc(SCc2cn3ccccc3n2)cc1. The number of imidazole rings is 1. The number of phenolic OH excluding ortho intramolecular Hbond substituents is 1. The predicted molar refractivity (Wildman–Crippen MR) is 114 cm³/mol. The van der Waals surface area contributed by atoms with Gasteiger partial charge < -0.3 is 9.51 Å². The molecule has 0 saturated heterocycles. The summed E-state index contributed by atoms with van der Waals surface area (Å²) in [6.45, 7) is 0. The number of aromatic nitrogens is 2. The molecular weight excluding hydrogens is 400 g/mol. The molecule has 0 unspecified atom stereocenters. The van der Waals surface area contributed by atoms with Crippen molar-refractivity contribution in [2.75, 3.05) is 0 Å². The number of aromatic hydroxyl groups is 1. The third-order valence-corrected chi connectivity index (χ3v) is 5.40. The predicted octanol–water partition coefficient (Wildman–Crippen LogP) is 3.41. The van der Waals surface area contributed by atoms with Crippen LogP contribution < -0.4 is 10.9 Å². The molecule has 2 aromatic carbocycles. The van der Waals surface area contributed by atoms with Crippen LogP contribution in [0, 0.1) is 0 Å². The average Bonchev–Trinajstić information content (AvgIpc) is 3.19. The van der Waals surface area contributed by atoms with Crippen molar-refractivity contribution in [3.8, 4) is 5.75 Å². The molecule has 0 aliphatic carbocycles. The maximum atomic E-state index is 12.2. The van der Waals surface area contributed by atoms with Gasteiger partial charge in [0.15, 0.2) is 0 Å². The molecule has 0 fully saturated rings. The number of thioether (sulfide) groups is 1. The van der Waals surface area contributed by atoms with E-state index in [0.717, 1.165) is 16.2 Å². The van der Waals surface area contributed by atoms with Gasteiger partial charge in [0.2, 0.25) is 0 Å². The molecule has 8 heteroatoms. The van der Waals surface area contributed by atoms with Crippen molar-refractivity contribution in [3.63, 3.8) is 0 Å². The molecule has 3 N–H and O–H groups in total. The van der Waals surface area contributed by atoms with E-state index in [1.807, 2.05) is 47.1 Å². The van der Waals surface area contributed by atoms with E-state index < -0.39 is 11.8 Å². The van der Waals surface area contributed by atoms with Crippen LogP contribution >= 0.6 is 11.8 Å². The maximum Gasteiger partial charge on any atom is 0.273 e. The summed E-state index contributed by atoms with van der Waals surface area (Å²) in [5, 5.41) is 9.69. The van der Waals surface area contributed by atoms with Crippen LogP contribution in [0.4, 0.5) is 0 Å². The van der Waals surface area contributed by atoms with Crippen LogP contribution in [0.3, 0.4) is 0 Å². The molecule has 2 aromatic heterocycles. The lowest BCUT2D eigenvalue weighted by atomic mass is 10.2. The van der Waals surface area contributed by atoms with Gasteiger partial charge in [-0.2, -0.15) is 0 Å². The maximum absolute atomic E-state index is 12.2. The van der Waals surface area contributed by atoms with E-state index in [2.05, 4.69) is 15.8 Å². The summed E-state index contributed by atoms with van der Waals surface area (Å²) in [5.41, 5.74) is 7.01. The molecule has 4 aromatic rings. The van der Waals surface area contributed by atoms with Crippen LogP contribution in [-0.4, -0.2) is 26.3 Å². The second-order valence-corrected chi connectivity index (χ2v) is 7.49. The number of benzene rings is 2. The zero-order valence-electron chi connectivity index (χ0n) is 15.8. The van der Waals surface area contributed by atoms with Crippen LogP contribution in [0.25, 0.3) is 5.65 Å². The Kier molecular flexibility index (Phi) is 5.67. The Bertz CT molecular complexity index is 1170. The van der Waals surface area contributed by atoms with E-state index in [9.17, 15) is 14.7 Å². The van der Waals surface area contributed by atoms with Gasteiger partial charge in [-0.15, -0.1) is 11.8 Å². The van der Waals surface area contributed by atoms with E-state index in [0.29, 0.717) is 11.3 Å². The summed E-state index contributed by atoms with van der Waals surface area (Å²) in [6.07, 6.45) is 3.96. The summed E-state index contributed by atoms with van der Waals surface area (Å²) in [4.78, 5) is 29.9. The summed E-state index contributed by atoms with van der Waals surface area (Å²) < 4.78 is 1.98. The van der Waals surface area contributed by atoms with Gasteiger partial charge in [-0.3, -0.25) is 20.4 Å². The third-order valence-electron chi connectivity index (χ3n) is 4.36. The topological polar surface area (TPSA) is 95.7 Å². The Morgan fingerprint density at radius 1 is 0.933 bits per heavy atom. The van der Waals surface area contributed by atoms with Crippen molar-refractivity contribution < 1.29 is 14.7 Å². The first-order valence-electron chi connectivity index (χ1n) is 9.14. The minimum atomic E-state index is -0.596. The van der Waals surface area contributed by atoms with E-state index in [1.165, 1.54) is 12.1 Å². The fourth-order valence-corrected chi connectivity index (χ4v) is 3.62. The van der Waals surface area contributed by atoms with E-state index >= 15 is 0 Å². The second-order valence-electron chi connectivity index (χ2n) is 6.44. The van der Waals surface area contributed by atoms with Gasteiger partial charge in [0.25, 0.3) is 11.8 Å². The zero-order valence-corrected chi connectivity index (χ0v) is 16.6. The van der Waals surface area contributed by atoms with Gasteiger partial charge in [-0.05, 0) is 48.5 Å².